The lowest BCUT2D eigenvalue weighted by Crippen LogP contribution is -2.22. The smallest absolute Gasteiger partial charge is 0.339 e. The number of carboxylic acid groups (broad SMARTS) is 1. The topological polar surface area (TPSA) is 120 Å². The van der Waals surface area contributed by atoms with E-state index < -0.39 is 12.1 Å². The molecular formula is C41H41N5O4. The molecule has 1 atom stereocenters. The van der Waals surface area contributed by atoms with Gasteiger partial charge in [0.05, 0.1) is 17.1 Å². The number of aliphatic carboxylic acids is 1. The summed E-state index contributed by atoms with van der Waals surface area (Å²) in [5.74, 6) is -0.426. The van der Waals surface area contributed by atoms with Crippen LogP contribution in [-0.4, -0.2) is 52.7 Å². The van der Waals surface area contributed by atoms with Gasteiger partial charge >= 0.3 is 5.97 Å². The van der Waals surface area contributed by atoms with Crippen LogP contribution in [-0.2, 0) is 20.8 Å². The fourth-order valence-electron chi connectivity index (χ4n) is 5.92. The summed E-state index contributed by atoms with van der Waals surface area (Å²) < 4.78 is 0. The Morgan fingerprint density at radius 2 is 1.52 bits per heavy atom. The van der Waals surface area contributed by atoms with Crippen LogP contribution >= 0.6 is 0 Å². The molecule has 0 radical (unpaired) electrons. The van der Waals surface area contributed by atoms with Gasteiger partial charge in [-0.25, -0.2) is 9.78 Å². The highest BCUT2D eigenvalue weighted by Gasteiger charge is 2.24. The van der Waals surface area contributed by atoms with E-state index in [2.05, 4.69) is 70.9 Å². The van der Waals surface area contributed by atoms with Gasteiger partial charge in [0, 0.05) is 48.1 Å². The zero-order valence-electron chi connectivity index (χ0n) is 28.2. The minimum atomic E-state index is -1.05. The molecule has 1 amide bonds. The van der Waals surface area contributed by atoms with Crippen LogP contribution in [0.25, 0.3) is 45.7 Å². The van der Waals surface area contributed by atoms with Gasteiger partial charge in [-0.15, -0.1) is 0 Å². The van der Waals surface area contributed by atoms with Gasteiger partial charge in [-0.1, -0.05) is 78.9 Å². The molecule has 1 aromatic heterocycles. The van der Waals surface area contributed by atoms with Crippen molar-refractivity contribution >= 4 is 29.3 Å². The molecule has 6 rings (SSSR count). The Labute approximate surface area is 292 Å². The summed E-state index contributed by atoms with van der Waals surface area (Å²) in [6.45, 7) is 6.78. The number of aromatic nitrogens is 2. The fraction of sp³-hybridized carbons (Fsp3) is 0.195. The highest BCUT2D eigenvalue weighted by atomic mass is 16.7. The molecule has 4 N–H and O–H groups in total. The van der Waals surface area contributed by atoms with Crippen LogP contribution in [0.1, 0.15) is 37.0 Å². The van der Waals surface area contributed by atoms with Crippen LogP contribution < -0.4 is 15.7 Å². The summed E-state index contributed by atoms with van der Waals surface area (Å²) in [6.07, 6.45) is 5.70. The standard InChI is InChI=1S/C41H41N5O4/c1-3-46(4-2)34-23-21-33(22-24-34)40-43-38(39(44-40)32-19-17-30(18-20-32)35-27-36(41(48)49)50-45-35)31-15-12-29(13-16-31)14-25-37(47)42-26-8-11-28-9-6-5-7-10-28/h5-7,9-10,12-25,27,36,45H,3-4,8,11,26H2,1-2H3,(H,42,47)(H,43,44)(H,48,49). The Bertz CT molecular complexity index is 1960. The number of hydrogen-bond acceptors (Lipinski definition) is 6. The molecule has 2 heterocycles. The van der Waals surface area contributed by atoms with E-state index in [4.69, 9.17) is 9.82 Å². The number of anilines is 1. The van der Waals surface area contributed by atoms with Crippen LogP contribution in [0.15, 0.2) is 115 Å². The number of H-pyrrole nitrogens is 1. The molecule has 9 heteroatoms. The second-order valence-corrected chi connectivity index (χ2v) is 12.0. The van der Waals surface area contributed by atoms with Crippen molar-refractivity contribution < 1.29 is 19.5 Å². The summed E-state index contributed by atoms with van der Waals surface area (Å²) in [4.78, 5) is 39.9. The zero-order chi connectivity index (χ0) is 34.9. The van der Waals surface area contributed by atoms with Crippen LogP contribution in [0.4, 0.5) is 5.69 Å². The Hall–Kier alpha value is -5.93. The molecule has 254 valence electrons. The molecule has 0 spiro atoms. The number of amides is 1. The summed E-state index contributed by atoms with van der Waals surface area (Å²) in [6, 6.07) is 34.4. The van der Waals surface area contributed by atoms with Gasteiger partial charge < -0.3 is 20.3 Å². The average Bonchev–Trinajstić information content (AvgIpc) is 3.84. The van der Waals surface area contributed by atoms with Crippen molar-refractivity contribution in [2.45, 2.75) is 32.8 Å². The fourth-order valence-corrected chi connectivity index (χ4v) is 5.92. The van der Waals surface area contributed by atoms with E-state index in [1.54, 1.807) is 12.2 Å². The lowest BCUT2D eigenvalue weighted by Gasteiger charge is -2.20. The molecule has 0 aliphatic carbocycles. The van der Waals surface area contributed by atoms with Gasteiger partial charge in [0.25, 0.3) is 0 Å². The Morgan fingerprint density at radius 3 is 2.18 bits per heavy atom. The minimum Gasteiger partial charge on any atom is -0.479 e. The second-order valence-electron chi connectivity index (χ2n) is 12.0. The predicted octanol–water partition coefficient (Wildman–Crippen LogP) is 7.35. The van der Waals surface area contributed by atoms with Crippen LogP contribution in [0, 0.1) is 0 Å². The monoisotopic (exact) mass is 667 g/mol. The van der Waals surface area contributed by atoms with E-state index in [0.717, 1.165) is 76.6 Å². The third kappa shape index (κ3) is 8.19. The van der Waals surface area contributed by atoms with Crippen molar-refractivity contribution in [2.75, 3.05) is 24.5 Å². The minimum absolute atomic E-state index is 0.119. The highest BCUT2D eigenvalue weighted by molar-refractivity contribution is 5.92. The van der Waals surface area contributed by atoms with Crippen molar-refractivity contribution in [3.05, 3.63) is 132 Å². The van der Waals surface area contributed by atoms with Gasteiger partial charge in [-0.05, 0) is 79.8 Å². The van der Waals surface area contributed by atoms with Crippen molar-refractivity contribution in [2.24, 2.45) is 0 Å². The Kier molecular flexibility index (Phi) is 10.9. The molecule has 0 fully saturated rings. The molecule has 0 saturated heterocycles. The molecule has 1 aliphatic heterocycles. The average molecular weight is 668 g/mol. The Morgan fingerprint density at radius 1 is 0.860 bits per heavy atom. The molecule has 1 aliphatic rings. The number of imidazole rings is 1. The first kappa shape index (κ1) is 34.0. The molecule has 1 unspecified atom stereocenters. The molecule has 9 nitrogen and oxygen atoms in total. The maximum atomic E-state index is 12.4. The van der Waals surface area contributed by atoms with Crippen LogP contribution in [0.5, 0.6) is 0 Å². The highest BCUT2D eigenvalue weighted by Crippen LogP contribution is 2.34. The van der Waals surface area contributed by atoms with Gasteiger partial charge in [0.1, 0.15) is 5.82 Å². The lowest BCUT2D eigenvalue weighted by atomic mass is 10.0. The van der Waals surface area contributed by atoms with Gasteiger partial charge in [-0.2, -0.15) is 0 Å². The van der Waals surface area contributed by atoms with Crippen molar-refractivity contribution in [3.63, 3.8) is 0 Å². The van der Waals surface area contributed by atoms with Gasteiger partial charge in [-0.3, -0.25) is 15.1 Å². The van der Waals surface area contributed by atoms with Gasteiger partial charge in [0.2, 0.25) is 12.0 Å². The first-order chi connectivity index (χ1) is 24.4. The third-order valence-electron chi connectivity index (χ3n) is 8.71. The van der Waals surface area contributed by atoms with Crippen molar-refractivity contribution in [1.29, 1.82) is 0 Å². The number of rotatable bonds is 14. The first-order valence-corrected chi connectivity index (χ1v) is 16.9. The summed E-state index contributed by atoms with van der Waals surface area (Å²) in [5.41, 5.74) is 11.9. The number of benzene rings is 4. The number of nitrogens with one attached hydrogen (secondary N) is 3. The molecule has 0 bridgehead atoms. The van der Waals surface area contributed by atoms with E-state index >= 15 is 0 Å². The maximum Gasteiger partial charge on any atom is 0.339 e. The quantitative estimate of drug-likeness (QED) is 0.0722. The first-order valence-electron chi connectivity index (χ1n) is 16.9. The normalized spacial score (nSPS) is 14.0. The molecule has 5 aromatic rings. The SMILES string of the molecule is CCN(CC)c1ccc(-c2nc(-c3ccc(C4=CC(C(=O)O)ON4)cc3)c(-c3ccc(C=CC(=O)NCCCc4ccccc4)cc3)[nH]2)cc1. The number of nitrogens with zero attached hydrogens (tertiary/aromatic N) is 2. The van der Waals surface area contributed by atoms with Gasteiger partial charge in [0.15, 0.2) is 0 Å². The third-order valence-corrected chi connectivity index (χ3v) is 8.71. The van der Waals surface area contributed by atoms with Crippen molar-refractivity contribution in [3.8, 4) is 33.9 Å². The molecular weight excluding hydrogens is 626 g/mol. The van der Waals surface area contributed by atoms with E-state index in [9.17, 15) is 14.7 Å². The largest absolute Gasteiger partial charge is 0.479 e. The number of aromatic amines is 1. The van der Waals surface area contributed by atoms with E-state index in [1.807, 2.05) is 72.8 Å². The summed E-state index contributed by atoms with van der Waals surface area (Å²) >= 11 is 0. The van der Waals surface area contributed by atoms with E-state index in [-0.39, 0.29) is 5.91 Å². The molecule has 0 saturated carbocycles. The number of carbonyl (C=O) groups excluding carboxylic acids is 1. The van der Waals surface area contributed by atoms with Crippen LogP contribution in [0.2, 0.25) is 0 Å². The number of carboxylic acids is 1. The zero-order valence-corrected chi connectivity index (χ0v) is 28.2. The lowest BCUT2D eigenvalue weighted by molar-refractivity contribution is -0.148. The van der Waals surface area contributed by atoms with E-state index in [1.165, 1.54) is 5.56 Å². The number of carbonyl (C=O) groups is 2. The number of aryl methyl sites for hydroxylation is 1. The maximum absolute atomic E-state index is 12.4. The Balaban J connectivity index is 1.21. The number of hydrogen-bond donors (Lipinski definition) is 4. The summed E-state index contributed by atoms with van der Waals surface area (Å²) in [7, 11) is 0. The predicted molar refractivity (Wildman–Crippen MR) is 199 cm³/mol. The van der Waals surface area contributed by atoms with Crippen LogP contribution in [0.3, 0.4) is 0 Å². The molecule has 50 heavy (non-hydrogen) atoms. The number of hydroxylamine groups is 1. The molecule has 4 aromatic carbocycles. The van der Waals surface area contributed by atoms with Crippen molar-refractivity contribution in [1.82, 2.24) is 20.8 Å². The van der Waals surface area contributed by atoms with E-state index in [0.29, 0.717) is 12.2 Å². The summed E-state index contributed by atoms with van der Waals surface area (Å²) in [5, 5.41) is 12.2. The second kappa shape index (κ2) is 16.0.